The predicted octanol–water partition coefficient (Wildman–Crippen LogP) is 4.21. The van der Waals surface area contributed by atoms with Crippen molar-refractivity contribution in [3.63, 3.8) is 0 Å². The average Bonchev–Trinajstić information content (AvgIpc) is 3.29. The van der Waals surface area contributed by atoms with Crippen molar-refractivity contribution in [3.05, 3.63) is 71.3 Å². The summed E-state index contributed by atoms with van der Waals surface area (Å²) >= 11 is 0. The first-order valence-electron chi connectivity index (χ1n) is 12.9. The normalized spacial score (nSPS) is 23.0. The number of alkyl halides is 1. The Morgan fingerprint density at radius 2 is 1.58 bits per heavy atom. The van der Waals surface area contributed by atoms with Gasteiger partial charge in [-0.05, 0) is 35.4 Å². The molecule has 2 heterocycles. The Labute approximate surface area is 212 Å². The molecular formula is C29H36FN3O3. The Hall–Kier alpha value is -3.22. The van der Waals surface area contributed by atoms with Gasteiger partial charge in [0.1, 0.15) is 12.2 Å². The largest absolute Gasteiger partial charge is 0.343 e. The predicted molar refractivity (Wildman–Crippen MR) is 137 cm³/mol. The van der Waals surface area contributed by atoms with Gasteiger partial charge in [0.05, 0.1) is 18.5 Å². The Kier molecular flexibility index (Phi) is 8.07. The van der Waals surface area contributed by atoms with Gasteiger partial charge in [0.2, 0.25) is 17.7 Å². The second kappa shape index (κ2) is 11.2. The lowest BCUT2D eigenvalue weighted by Gasteiger charge is -2.35. The highest BCUT2D eigenvalue weighted by Crippen LogP contribution is 2.29. The van der Waals surface area contributed by atoms with Crippen LogP contribution >= 0.6 is 0 Å². The van der Waals surface area contributed by atoms with Gasteiger partial charge >= 0.3 is 0 Å². The highest BCUT2D eigenvalue weighted by Gasteiger charge is 2.43. The topological polar surface area (TPSA) is 69.7 Å². The van der Waals surface area contributed by atoms with Crippen LogP contribution in [0.5, 0.6) is 0 Å². The van der Waals surface area contributed by atoms with Crippen molar-refractivity contribution in [1.82, 2.24) is 15.1 Å². The lowest BCUT2D eigenvalue weighted by atomic mass is 9.94. The molecule has 2 fully saturated rings. The van der Waals surface area contributed by atoms with Gasteiger partial charge in [0.25, 0.3) is 0 Å². The van der Waals surface area contributed by atoms with Gasteiger partial charge in [0.15, 0.2) is 0 Å². The molecule has 0 bridgehead atoms. The van der Waals surface area contributed by atoms with Crippen LogP contribution in [-0.2, 0) is 14.4 Å². The van der Waals surface area contributed by atoms with Crippen LogP contribution in [-0.4, -0.2) is 59.4 Å². The molecule has 4 rings (SSSR count). The molecule has 0 aliphatic carbocycles. The number of nitrogens with zero attached hydrogens (tertiary/aromatic N) is 2. The van der Waals surface area contributed by atoms with E-state index in [1.54, 1.807) is 4.90 Å². The minimum Gasteiger partial charge on any atom is -0.343 e. The van der Waals surface area contributed by atoms with Crippen molar-refractivity contribution in [3.8, 4) is 0 Å². The molecule has 36 heavy (non-hydrogen) atoms. The molecule has 1 N–H and O–H groups in total. The molecule has 2 aromatic carbocycles. The number of carbonyl (C=O) groups is 3. The van der Waals surface area contributed by atoms with Crippen molar-refractivity contribution in [2.45, 2.75) is 64.2 Å². The van der Waals surface area contributed by atoms with E-state index >= 15 is 0 Å². The number of hydrogen-bond donors (Lipinski definition) is 1. The maximum absolute atomic E-state index is 14.6. The Morgan fingerprint density at radius 3 is 2.22 bits per heavy atom. The third-order valence-electron chi connectivity index (χ3n) is 7.41. The van der Waals surface area contributed by atoms with Gasteiger partial charge in [-0.1, -0.05) is 68.4 Å². The van der Waals surface area contributed by atoms with Crippen LogP contribution in [0.3, 0.4) is 0 Å². The molecule has 192 valence electrons. The van der Waals surface area contributed by atoms with Gasteiger partial charge in [-0.25, -0.2) is 4.39 Å². The first-order valence-corrected chi connectivity index (χ1v) is 12.9. The Bertz CT molecular complexity index is 1070. The lowest BCUT2D eigenvalue weighted by Crippen LogP contribution is -2.51. The van der Waals surface area contributed by atoms with E-state index in [1.807, 2.05) is 42.5 Å². The third-order valence-corrected chi connectivity index (χ3v) is 7.41. The van der Waals surface area contributed by atoms with Crippen LogP contribution in [0.4, 0.5) is 4.39 Å². The monoisotopic (exact) mass is 493 g/mol. The number of likely N-dealkylation sites (tertiary alicyclic amines) is 2. The molecule has 6 nitrogen and oxygen atoms in total. The molecule has 1 unspecified atom stereocenters. The standard InChI is InChI=1S/C29H36FN3O3/c1-19(2)21-11-13-23(14-12-21)27(22-8-5-4-6-9-22)31-28(35)26-16-25(30)18-33(26)29(36)24-10-7-15-32(17-24)20(3)34/h4-6,8-9,11-14,19,24-27H,7,10,15-18H2,1-3H3,(H,31,35)/t24?,25-,26+,27+/m1/s1. The zero-order valence-electron chi connectivity index (χ0n) is 21.3. The minimum absolute atomic E-state index is 0.0193. The molecule has 2 aromatic rings. The van der Waals surface area contributed by atoms with Gasteiger partial charge in [0, 0.05) is 26.4 Å². The number of amides is 3. The van der Waals surface area contributed by atoms with E-state index < -0.39 is 24.2 Å². The maximum Gasteiger partial charge on any atom is 0.243 e. The van der Waals surface area contributed by atoms with Crippen LogP contribution in [0.25, 0.3) is 0 Å². The number of carbonyl (C=O) groups excluding carboxylic acids is 3. The van der Waals surface area contributed by atoms with E-state index in [0.29, 0.717) is 25.4 Å². The van der Waals surface area contributed by atoms with E-state index in [4.69, 9.17) is 0 Å². The number of benzene rings is 2. The van der Waals surface area contributed by atoms with Crippen molar-refractivity contribution >= 4 is 17.7 Å². The third kappa shape index (κ3) is 5.77. The Morgan fingerprint density at radius 1 is 0.944 bits per heavy atom. The molecule has 3 amide bonds. The Balaban J connectivity index is 1.54. The van der Waals surface area contributed by atoms with Crippen LogP contribution in [0.1, 0.15) is 68.7 Å². The minimum atomic E-state index is -1.25. The summed E-state index contributed by atoms with van der Waals surface area (Å²) in [6.07, 6.45) is 0.0911. The van der Waals surface area contributed by atoms with Gasteiger partial charge < -0.3 is 15.1 Å². The summed E-state index contributed by atoms with van der Waals surface area (Å²) in [6, 6.07) is 16.5. The summed E-state index contributed by atoms with van der Waals surface area (Å²) in [5.41, 5.74) is 3.05. The first kappa shape index (κ1) is 25.9. The summed E-state index contributed by atoms with van der Waals surface area (Å²) in [5.74, 6) is -0.678. The fourth-order valence-electron chi connectivity index (χ4n) is 5.29. The summed E-state index contributed by atoms with van der Waals surface area (Å²) < 4.78 is 14.6. The number of piperidine rings is 1. The maximum atomic E-state index is 14.6. The van der Waals surface area contributed by atoms with E-state index in [0.717, 1.165) is 17.5 Å². The molecule has 2 aliphatic heterocycles. The van der Waals surface area contributed by atoms with E-state index in [2.05, 4.69) is 31.3 Å². The second-order valence-corrected chi connectivity index (χ2v) is 10.3. The number of nitrogens with one attached hydrogen (secondary N) is 1. The van der Waals surface area contributed by atoms with Crippen molar-refractivity contribution in [2.24, 2.45) is 5.92 Å². The van der Waals surface area contributed by atoms with E-state index in [9.17, 15) is 18.8 Å². The zero-order chi connectivity index (χ0) is 25.8. The highest BCUT2D eigenvalue weighted by molar-refractivity contribution is 5.90. The van der Waals surface area contributed by atoms with Gasteiger partial charge in [-0.3, -0.25) is 14.4 Å². The van der Waals surface area contributed by atoms with Crippen LogP contribution in [0.2, 0.25) is 0 Å². The number of halogens is 1. The average molecular weight is 494 g/mol. The van der Waals surface area contributed by atoms with Crippen molar-refractivity contribution in [2.75, 3.05) is 19.6 Å². The quantitative estimate of drug-likeness (QED) is 0.655. The summed E-state index contributed by atoms with van der Waals surface area (Å²) in [7, 11) is 0. The lowest BCUT2D eigenvalue weighted by molar-refractivity contribution is -0.144. The highest BCUT2D eigenvalue weighted by atomic mass is 19.1. The number of hydrogen-bond acceptors (Lipinski definition) is 3. The SMILES string of the molecule is CC(=O)N1CCCC(C(=O)N2C[C@H](F)C[C@H]2C(=O)N[C@@H](c2ccccc2)c2ccc(C(C)C)cc2)C1. The van der Waals surface area contributed by atoms with Gasteiger partial charge in [-0.15, -0.1) is 0 Å². The van der Waals surface area contributed by atoms with Gasteiger partial charge in [-0.2, -0.15) is 0 Å². The molecule has 2 aliphatic rings. The van der Waals surface area contributed by atoms with Crippen LogP contribution in [0.15, 0.2) is 54.6 Å². The molecule has 0 saturated carbocycles. The van der Waals surface area contributed by atoms with Crippen molar-refractivity contribution in [1.29, 1.82) is 0 Å². The first-order chi connectivity index (χ1) is 17.2. The number of rotatable bonds is 6. The second-order valence-electron chi connectivity index (χ2n) is 10.3. The van der Waals surface area contributed by atoms with E-state index in [-0.39, 0.29) is 30.7 Å². The van der Waals surface area contributed by atoms with Crippen LogP contribution in [0, 0.1) is 5.92 Å². The van der Waals surface area contributed by atoms with Crippen LogP contribution < -0.4 is 5.32 Å². The molecule has 0 radical (unpaired) electrons. The fourth-order valence-corrected chi connectivity index (χ4v) is 5.29. The molecule has 4 atom stereocenters. The molecule has 7 heteroatoms. The smallest absolute Gasteiger partial charge is 0.243 e. The summed E-state index contributed by atoms with van der Waals surface area (Å²) in [6.45, 7) is 6.62. The van der Waals surface area contributed by atoms with E-state index in [1.165, 1.54) is 17.4 Å². The summed E-state index contributed by atoms with van der Waals surface area (Å²) in [4.78, 5) is 41.9. The summed E-state index contributed by atoms with van der Waals surface area (Å²) in [5, 5.41) is 3.11. The molecular weight excluding hydrogens is 457 g/mol. The zero-order valence-corrected chi connectivity index (χ0v) is 21.3. The molecule has 2 saturated heterocycles. The molecule has 0 spiro atoms. The fraction of sp³-hybridized carbons (Fsp3) is 0.483. The van der Waals surface area contributed by atoms with Crippen molar-refractivity contribution < 1.29 is 18.8 Å². The molecule has 0 aromatic heterocycles.